The van der Waals surface area contributed by atoms with Crippen molar-refractivity contribution in [1.29, 1.82) is 0 Å². The first kappa shape index (κ1) is 20.9. The molecule has 0 N–H and O–H groups in total. The van der Waals surface area contributed by atoms with E-state index in [-0.39, 0.29) is 5.82 Å². The van der Waals surface area contributed by atoms with E-state index in [9.17, 15) is 4.39 Å². The molecule has 0 saturated heterocycles. The Morgan fingerprint density at radius 1 is 1.10 bits per heavy atom. The number of benzene rings is 2. The van der Waals surface area contributed by atoms with Crippen molar-refractivity contribution in [3.63, 3.8) is 0 Å². The Bertz CT molecular complexity index is 1220. The third-order valence-electron chi connectivity index (χ3n) is 4.80. The fraction of sp³-hybridized carbons (Fsp3) is 0.160. The topological polar surface area (TPSA) is 40.6 Å². The quantitative estimate of drug-likeness (QED) is 0.289. The fourth-order valence-corrected chi connectivity index (χ4v) is 4.20. The van der Waals surface area contributed by atoms with Gasteiger partial charge in [-0.15, -0.1) is 11.3 Å². The summed E-state index contributed by atoms with van der Waals surface area (Å²) < 4.78 is 31.6. The van der Waals surface area contributed by atoms with Crippen LogP contribution in [0.25, 0.3) is 27.1 Å². The number of hydrogen-bond donors (Lipinski definition) is 0. The fourth-order valence-electron chi connectivity index (χ4n) is 3.23. The Morgan fingerprint density at radius 2 is 1.90 bits per heavy atom. The molecular weight excluding hydrogens is 413 g/mol. The predicted molar refractivity (Wildman–Crippen MR) is 123 cm³/mol. The number of thiophene rings is 1. The molecule has 0 amide bonds. The SMILES string of the molecule is C=C(OCC)c1cc(OCc2ccc(OC)cc2)cc(-c2csc3c(F)cccc23)n1. The highest BCUT2D eigenvalue weighted by molar-refractivity contribution is 7.17. The van der Waals surface area contributed by atoms with Crippen LogP contribution in [0.5, 0.6) is 11.5 Å². The van der Waals surface area contributed by atoms with Crippen molar-refractivity contribution in [2.45, 2.75) is 13.5 Å². The first-order chi connectivity index (χ1) is 15.1. The Hall–Kier alpha value is -3.38. The van der Waals surface area contributed by atoms with Gasteiger partial charge in [0.2, 0.25) is 0 Å². The summed E-state index contributed by atoms with van der Waals surface area (Å²) in [6.45, 7) is 6.74. The van der Waals surface area contributed by atoms with Gasteiger partial charge in [-0.05, 0) is 30.7 Å². The summed E-state index contributed by atoms with van der Waals surface area (Å²) in [5.74, 6) is 1.65. The lowest BCUT2D eigenvalue weighted by Crippen LogP contribution is -2.00. The minimum atomic E-state index is -0.236. The molecule has 0 spiro atoms. The van der Waals surface area contributed by atoms with Gasteiger partial charge in [-0.3, -0.25) is 0 Å². The van der Waals surface area contributed by atoms with E-state index in [0.717, 1.165) is 22.3 Å². The number of ether oxygens (including phenoxy) is 3. The van der Waals surface area contributed by atoms with Gasteiger partial charge < -0.3 is 14.2 Å². The zero-order chi connectivity index (χ0) is 21.8. The molecular formula is C25H22FNO3S. The van der Waals surface area contributed by atoms with E-state index >= 15 is 0 Å². The number of methoxy groups -OCH3 is 1. The van der Waals surface area contributed by atoms with Crippen molar-refractivity contribution < 1.29 is 18.6 Å². The van der Waals surface area contributed by atoms with Crippen LogP contribution in [-0.4, -0.2) is 18.7 Å². The minimum absolute atomic E-state index is 0.236. The highest BCUT2D eigenvalue weighted by Crippen LogP contribution is 2.36. The molecule has 6 heteroatoms. The van der Waals surface area contributed by atoms with Crippen molar-refractivity contribution >= 4 is 27.2 Å². The number of hydrogen-bond acceptors (Lipinski definition) is 5. The number of halogens is 1. The highest BCUT2D eigenvalue weighted by atomic mass is 32.1. The average molecular weight is 436 g/mol. The molecule has 158 valence electrons. The second kappa shape index (κ2) is 9.18. The number of pyridine rings is 1. The molecule has 0 aliphatic carbocycles. The molecule has 0 aliphatic heterocycles. The van der Waals surface area contributed by atoms with Crippen molar-refractivity contribution in [3.05, 3.63) is 83.6 Å². The van der Waals surface area contributed by atoms with E-state index in [0.29, 0.717) is 40.8 Å². The summed E-state index contributed by atoms with van der Waals surface area (Å²) >= 11 is 1.36. The molecule has 0 saturated carbocycles. The van der Waals surface area contributed by atoms with Gasteiger partial charge in [-0.25, -0.2) is 9.37 Å². The maximum Gasteiger partial charge on any atom is 0.141 e. The maximum atomic E-state index is 14.2. The van der Waals surface area contributed by atoms with Crippen LogP contribution in [0.1, 0.15) is 18.2 Å². The minimum Gasteiger partial charge on any atom is -0.497 e. The second-order valence-corrected chi connectivity index (χ2v) is 7.71. The molecule has 31 heavy (non-hydrogen) atoms. The molecule has 0 fully saturated rings. The average Bonchev–Trinajstić information content (AvgIpc) is 3.23. The molecule has 0 bridgehead atoms. The second-order valence-electron chi connectivity index (χ2n) is 6.83. The summed E-state index contributed by atoms with van der Waals surface area (Å²) in [4.78, 5) is 4.72. The monoisotopic (exact) mass is 435 g/mol. The van der Waals surface area contributed by atoms with E-state index in [2.05, 4.69) is 6.58 Å². The van der Waals surface area contributed by atoms with Gasteiger partial charge in [-0.2, -0.15) is 0 Å². The number of rotatable bonds is 8. The van der Waals surface area contributed by atoms with Crippen LogP contribution in [0.3, 0.4) is 0 Å². The Balaban J connectivity index is 1.69. The largest absolute Gasteiger partial charge is 0.497 e. The van der Waals surface area contributed by atoms with E-state index in [4.69, 9.17) is 19.2 Å². The van der Waals surface area contributed by atoms with Crippen molar-refractivity contribution in [2.24, 2.45) is 0 Å². The van der Waals surface area contributed by atoms with Gasteiger partial charge in [0.25, 0.3) is 0 Å². The smallest absolute Gasteiger partial charge is 0.141 e. The molecule has 2 heterocycles. The van der Waals surface area contributed by atoms with Crippen LogP contribution in [0.4, 0.5) is 4.39 Å². The third-order valence-corrected chi connectivity index (χ3v) is 5.80. The van der Waals surface area contributed by atoms with Crippen molar-refractivity contribution in [3.8, 4) is 22.8 Å². The molecule has 0 aliphatic rings. The molecule has 4 aromatic rings. The summed E-state index contributed by atoms with van der Waals surface area (Å²) in [5, 5.41) is 2.73. The van der Waals surface area contributed by atoms with Crippen LogP contribution in [-0.2, 0) is 11.3 Å². The molecule has 2 aromatic carbocycles. The molecule has 4 nitrogen and oxygen atoms in total. The lowest BCUT2D eigenvalue weighted by molar-refractivity contribution is 0.294. The normalized spacial score (nSPS) is 10.8. The summed E-state index contributed by atoms with van der Waals surface area (Å²) in [7, 11) is 1.64. The predicted octanol–water partition coefficient (Wildman–Crippen LogP) is 6.70. The van der Waals surface area contributed by atoms with Crippen LogP contribution in [0.15, 0.2) is 66.6 Å². The lowest BCUT2D eigenvalue weighted by atomic mass is 10.1. The Labute approximate surface area is 184 Å². The van der Waals surface area contributed by atoms with Gasteiger partial charge in [0, 0.05) is 28.5 Å². The van der Waals surface area contributed by atoms with E-state index in [1.807, 2.05) is 48.7 Å². The zero-order valence-electron chi connectivity index (χ0n) is 17.4. The van der Waals surface area contributed by atoms with Crippen LogP contribution < -0.4 is 9.47 Å². The molecule has 4 rings (SSSR count). The van der Waals surface area contributed by atoms with Gasteiger partial charge in [0.1, 0.15) is 35.4 Å². The first-order valence-corrected chi connectivity index (χ1v) is 10.7. The molecule has 2 aromatic heterocycles. The number of fused-ring (bicyclic) bond motifs is 1. The Kier molecular flexibility index (Phi) is 6.18. The van der Waals surface area contributed by atoms with E-state index < -0.39 is 0 Å². The third kappa shape index (κ3) is 4.54. The summed E-state index contributed by atoms with van der Waals surface area (Å²) in [6, 6.07) is 16.4. The number of aromatic nitrogens is 1. The van der Waals surface area contributed by atoms with Crippen molar-refractivity contribution in [2.75, 3.05) is 13.7 Å². The van der Waals surface area contributed by atoms with Gasteiger partial charge in [0.05, 0.1) is 24.1 Å². The lowest BCUT2D eigenvalue weighted by Gasteiger charge is -2.13. The number of nitrogens with zero attached hydrogens (tertiary/aromatic N) is 1. The summed E-state index contributed by atoms with van der Waals surface area (Å²) in [5.41, 5.74) is 3.12. The Morgan fingerprint density at radius 3 is 2.65 bits per heavy atom. The van der Waals surface area contributed by atoms with Gasteiger partial charge in [0.15, 0.2) is 0 Å². The standard InChI is InChI=1S/C25H22FNO3S/c1-4-29-16(2)23-12-19(30-14-17-8-10-18(28-3)11-9-17)13-24(27-23)21-15-31-25-20(21)6-5-7-22(25)26/h5-13,15H,2,4,14H2,1,3H3. The molecule has 0 unspecified atom stereocenters. The zero-order valence-corrected chi connectivity index (χ0v) is 18.2. The highest BCUT2D eigenvalue weighted by Gasteiger charge is 2.15. The molecule has 0 radical (unpaired) electrons. The summed E-state index contributed by atoms with van der Waals surface area (Å²) in [6.07, 6.45) is 0. The van der Waals surface area contributed by atoms with E-state index in [1.165, 1.54) is 17.4 Å². The van der Waals surface area contributed by atoms with Crippen molar-refractivity contribution in [1.82, 2.24) is 4.98 Å². The van der Waals surface area contributed by atoms with Crippen LogP contribution >= 0.6 is 11.3 Å². The van der Waals surface area contributed by atoms with Crippen LogP contribution in [0.2, 0.25) is 0 Å². The molecule has 0 atom stereocenters. The van der Waals surface area contributed by atoms with E-state index in [1.54, 1.807) is 19.2 Å². The maximum absolute atomic E-state index is 14.2. The van der Waals surface area contributed by atoms with Crippen LogP contribution in [0, 0.1) is 5.82 Å². The first-order valence-electron chi connectivity index (χ1n) is 9.85. The van der Waals surface area contributed by atoms with Gasteiger partial charge in [-0.1, -0.05) is 30.8 Å². The van der Waals surface area contributed by atoms with Gasteiger partial charge >= 0.3 is 0 Å².